The number of anilines is 1. The predicted octanol–water partition coefficient (Wildman–Crippen LogP) is 1.58. The SMILES string of the molecule is CCCNC(=O)CN(CCC)C(=O)Cc1ccccc1N. The minimum Gasteiger partial charge on any atom is -0.398 e. The van der Waals surface area contributed by atoms with Gasteiger partial charge in [0.2, 0.25) is 11.8 Å². The molecule has 0 aliphatic heterocycles. The van der Waals surface area contributed by atoms with Crippen molar-refractivity contribution in [1.29, 1.82) is 0 Å². The van der Waals surface area contributed by atoms with Gasteiger partial charge in [-0.2, -0.15) is 0 Å². The number of para-hydroxylation sites is 1. The van der Waals surface area contributed by atoms with E-state index in [1.807, 2.05) is 32.0 Å². The van der Waals surface area contributed by atoms with E-state index >= 15 is 0 Å². The summed E-state index contributed by atoms with van der Waals surface area (Å²) in [6, 6.07) is 7.32. The molecule has 0 aromatic heterocycles. The summed E-state index contributed by atoms with van der Waals surface area (Å²) in [6.45, 7) is 5.30. The molecule has 2 amide bonds. The number of carbonyl (C=O) groups is 2. The second-order valence-electron chi connectivity index (χ2n) is 5.04. The van der Waals surface area contributed by atoms with Crippen molar-refractivity contribution in [1.82, 2.24) is 10.2 Å². The maximum Gasteiger partial charge on any atom is 0.239 e. The first-order valence-corrected chi connectivity index (χ1v) is 7.46. The van der Waals surface area contributed by atoms with Crippen LogP contribution in [0.2, 0.25) is 0 Å². The Morgan fingerprint density at radius 1 is 1.19 bits per heavy atom. The van der Waals surface area contributed by atoms with E-state index in [4.69, 9.17) is 5.73 Å². The van der Waals surface area contributed by atoms with E-state index in [2.05, 4.69) is 5.32 Å². The fraction of sp³-hybridized carbons (Fsp3) is 0.500. The van der Waals surface area contributed by atoms with Crippen LogP contribution in [0.4, 0.5) is 5.69 Å². The van der Waals surface area contributed by atoms with Crippen molar-refractivity contribution < 1.29 is 9.59 Å². The lowest BCUT2D eigenvalue weighted by atomic mass is 10.1. The fourth-order valence-electron chi connectivity index (χ4n) is 2.03. The smallest absolute Gasteiger partial charge is 0.239 e. The zero-order valence-electron chi connectivity index (χ0n) is 12.9. The monoisotopic (exact) mass is 291 g/mol. The van der Waals surface area contributed by atoms with Crippen molar-refractivity contribution in [2.45, 2.75) is 33.1 Å². The van der Waals surface area contributed by atoms with Crippen LogP contribution in [-0.2, 0) is 16.0 Å². The van der Waals surface area contributed by atoms with Crippen molar-refractivity contribution in [2.75, 3.05) is 25.4 Å². The molecule has 0 atom stereocenters. The molecule has 5 heteroatoms. The molecule has 1 aromatic carbocycles. The van der Waals surface area contributed by atoms with E-state index in [9.17, 15) is 9.59 Å². The van der Waals surface area contributed by atoms with E-state index in [0.29, 0.717) is 18.8 Å². The van der Waals surface area contributed by atoms with Gasteiger partial charge in [-0.3, -0.25) is 9.59 Å². The molecule has 0 radical (unpaired) electrons. The van der Waals surface area contributed by atoms with Crippen molar-refractivity contribution >= 4 is 17.5 Å². The Kier molecular flexibility index (Phi) is 7.29. The zero-order valence-corrected chi connectivity index (χ0v) is 12.9. The second kappa shape index (κ2) is 9.00. The van der Waals surface area contributed by atoms with Gasteiger partial charge in [0.25, 0.3) is 0 Å². The Hall–Kier alpha value is -2.04. The number of nitrogens with one attached hydrogen (secondary N) is 1. The van der Waals surface area contributed by atoms with Gasteiger partial charge in [-0.25, -0.2) is 0 Å². The number of hydrogen-bond donors (Lipinski definition) is 2. The molecule has 0 fully saturated rings. The highest BCUT2D eigenvalue weighted by Gasteiger charge is 2.17. The Labute approximate surface area is 126 Å². The molecular weight excluding hydrogens is 266 g/mol. The molecule has 0 saturated carbocycles. The van der Waals surface area contributed by atoms with Crippen LogP contribution in [0.3, 0.4) is 0 Å². The third kappa shape index (κ3) is 5.85. The van der Waals surface area contributed by atoms with Crippen LogP contribution in [0.25, 0.3) is 0 Å². The van der Waals surface area contributed by atoms with Crippen molar-refractivity contribution in [2.24, 2.45) is 0 Å². The molecule has 3 N–H and O–H groups in total. The number of carbonyl (C=O) groups excluding carboxylic acids is 2. The molecule has 0 bridgehead atoms. The highest BCUT2D eigenvalue weighted by Crippen LogP contribution is 2.12. The van der Waals surface area contributed by atoms with Crippen LogP contribution in [0.5, 0.6) is 0 Å². The summed E-state index contributed by atoms with van der Waals surface area (Å²) in [5.41, 5.74) is 7.27. The van der Waals surface area contributed by atoms with Gasteiger partial charge in [-0.15, -0.1) is 0 Å². The summed E-state index contributed by atoms with van der Waals surface area (Å²) in [4.78, 5) is 25.7. The van der Waals surface area contributed by atoms with Crippen molar-refractivity contribution in [3.05, 3.63) is 29.8 Å². The lowest BCUT2D eigenvalue weighted by Gasteiger charge is -2.22. The summed E-state index contributed by atoms with van der Waals surface area (Å²) < 4.78 is 0. The first kappa shape index (κ1) is 17.0. The third-order valence-electron chi connectivity index (χ3n) is 3.15. The van der Waals surface area contributed by atoms with E-state index < -0.39 is 0 Å². The van der Waals surface area contributed by atoms with Gasteiger partial charge >= 0.3 is 0 Å². The van der Waals surface area contributed by atoms with Gasteiger partial charge in [0, 0.05) is 18.8 Å². The second-order valence-corrected chi connectivity index (χ2v) is 5.04. The zero-order chi connectivity index (χ0) is 15.7. The molecule has 0 unspecified atom stereocenters. The molecule has 1 rings (SSSR count). The molecule has 5 nitrogen and oxygen atoms in total. The average Bonchev–Trinajstić information content (AvgIpc) is 2.47. The summed E-state index contributed by atoms with van der Waals surface area (Å²) in [7, 11) is 0. The lowest BCUT2D eigenvalue weighted by molar-refractivity contribution is -0.135. The summed E-state index contributed by atoms with van der Waals surface area (Å²) in [6.07, 6.45) is 1.93. The summed E-state index contributed by atoms with van der Waals surface area (Å²) in [5, 5.41) is 2.79. The predicted molar refractivity (Wildman–Crippen MR) is 84.7 cm³/mol. The number of nitrogen functional groups attached to an aromatic ring is 1. The van der Waals surface area contributed by atoms with Crippen LogP contribution in [0, 0.1) is 0 Å². The normalized spacial score (nSPS) is 10.2. The maximum absolute atomic E-state index is 12.4. The van der Waals surface area contributed by atoms with Crippen molar-refractivity contribution in [3.63, 3.8) is 0 Å². The van der Waals surface area contributed by atoms with Gasteiger partial charge < -0.3 is 16.0 Å². The molecule has 0 saturated heterocycles. The Bertz CT molecular complexity index is 474. The maximum atomic E-state index is 12.4. The molecule has 21 heavy (non-hydrogen) atoms. The number of nitrogens with two attached hydrogens (primary N) is 1. The van der Waals surface area contributed by atoms with Crippen LogP contribution < -0.4 is 11.1 Å². The first-order valence-electron chi connectivity index (χ1n) is 7.46. The highest BCUT2D eigenvalue weighted by molar-refractivity contribution is 5.86. The molecule has 0 spiro atoms. The molecular formula is C16H25N3O2. The Morgan fingerprint density at radius 3 is 2.52 bits per heavy atom. The van der Waals surface area contributed by atoms with Gasteiger partial charge in [0.1, 0.15) is 0 Å². The number of rotatable bonds is 8. The van der Waals surface area contributed by atoms with Crippen LogP contribution in [0.15, 0.2) is 24.3 Å². The van der Waals surface area contributed by atoms with E-state index in [-0.39, 0.29) is 24.8 Å². The highest BCUT2D eigenvalue weighted by atomic mass is 16.2. The molecule has 116 valence electrons. The van der Waals surface area contributed by atoms with Crippen LogP contribution >= 0.6 is 0 Å². The van der Waals surface area contributed by atoms with Crippen molar-refractivity contribution in [3.8, 4) is 0 Å². The van der Waals surface area contributed by atoms with E-state index in [0.717, 1.165) is 18.4 Å². The third-order valence-corrected chi connectivity index (χ3v) is 3.15. The fourth-order valence-corrected chi connectivity index (χ4v) is 2.03. The number of hydrogen-bond acceptors (Lipinski definition) is 3. The standard InChI is InChI=1S/C16H25N3O2/c1-3-9-18-15(20)12-19(10-4-2)16(21)11-13-7-5-6-8-14(13)17/h5-8H,3-4,9-12,17H2,1-2H3,(H,18,20). The molecule has 0 heterocycles. The lowest BCUT2D eigenvalue weighted by Crippen LogP contribution is -2.42. The Balaban J connectivity index is 2.64. The van der Waals surface area contributed by atoms with E-state index in [1.54, 1.807) is 11.0 Å². The minimum atomic E-state index is -0.111. The average molecular weight is 291 g/mol. The van der Waals surface area contributed by atoms with Gasteiger partial charge in [-0.1, -0.05) is 32.0 Å². The summed E-state index contributed by atoms with van der Waals surface area (Å²) >= 11 is 0. The van der Waals surface area contributed by atoms with Crippen LogP contribution in [-0.4, -0.2) is 36.3 Å². The quantitative estimate of drug-likeness (QED) is 0.714. The van der Waals surface area contributed by atoms with Crippen LogP contribution in [0.1, 0.15) is 32.3 Å². The minimum absolute atomic E-state index is 0.0681. The Morgan fingerprint density at radius 2 is 1.90 bits per heavy atom. The topological polar surface area (TPSA) is 75.4 Å². The molecule has 0 aliphatic rings. The van der Waals surface area contributed by atoms with E-state index in [1.165, 1.54) is 0 Å². The largest absolute Gasteiger partial charge is 0.398 e. The van der Waals surface area contributed by atoms with Gasteiger partial charge in [-0.05, 0) is 24.5 Å². The van der Waals surface area contributed by atoms with Gasteiger partial charge in [0.15, 0.2) is 0 Å². The number of amides is 2. The first-order chi connectivity index (χ1) is 10.1. The summed E-state index contributed by atoms with van der Waals surface area (Å²) in [5.74, 6) is -0.180. The molecule has 1 aromatic rings. The number of nitrogens with zero attached hydrogens (tertiary/aromatic N) is 1. The molecule has 0 aliphatic carbocycles. The van der Waals surface area contributed by atoms with Gasteiger partial charge in [0.05, 0.1) is 13.0 Å². The number of benzene rings is 1.